The van der Waals surface area contributed by atoms with Gasteiger partial charge in [-0.2, -0.15) is 0 Å². The Morgan fingerprint density at radius 2 is 2.04 bits per heavy atom. The number of fused-ring (bicyclic) bond motifs is 1. The average Bonchev–Trinajstić information content (AvgIpc) is 3.09. The Morgan fingerprint density at radius 3 is 2.88 bits per heavy atom. The Bertz CT molecular complexity index is 712. The predicted octanol–water partition coefficient (Wildman–Crippen LogP) is 0.268. The van der Waals surface area contributed by atoms with Crippen LogP contribution in [0.1, 0.15) is 30.4 Å². The van der Waals surface area contributed by atoms with Gasteiger partial charge in [0.1, 0.15) is 12.1 Å². The first-order valence-corrected chi connectivity index (χ1v) is 8.98. The van der Waals surface area contributed by atoms with E-state index in [1.54, 1.807) is 6.33 Å². The van der Waals surface area contributed by atoms with Crippen LogP contribution in [0.15, 0.2) is 6.33 Å². The van der Waals surface area contributed by atoms with Crippen LogP contribution in [0, 0.1) is 0 Å². The summed E-state index contributed by atoms with van der Waals surface area (Å²) in [7, 11) is 0. The minimum absolute atomic E-state index is 0.754. The third-order valence-electron chi connectivity index (χ3n) is 4.78. The van der Waals surface area contributed by atoms with Gasteiger partial charge in [0.2, 0.25) is 0 Å². The highest BCUT2D eigenvalue weighted by atomic mass is 16.5. The molecule has 0 aliphatic carbocycles. The van der Waals surface area contributed by atoms with E-state index in [1.165, 1.54) is 11.3 Å². The number of ether oxygens (including phenoxy) is 1. The molecule has 0 unspecified atom stereocenters. The van der Waals surface area contributed by atoms with Gasteiger partial charge >= 0.3 is 0 Å². The van der Waals surface area contributed by atoms with E-state index in [2.05, 4.69) is 42.2 Å². The molecule has 4 rings (SSSR count). The van der Waals surface area contributed by atoms with E-state index >= 15 is 0 Å². The average molecular weight is 344 g/mol. The van der Waals surface area contributed by atoms with Crippen molar-refractivity contribution in [1.82, 2.24) is 35.1 Å². The summed E-state index contributed by atoms with van der Waals surface area (Å²) in [5.41, 5.74) is 2.41. The maximum atomic E-state index is 5.47. The van der Waals surface area contributed by atoms with Gasteiger partial charge in [-0.15, -0.1) is 5.10 Å². The molecule has 0 radical (unpaired) electrons. The SMILES string of the molecule is CCCn1nnnc1CN1CCc2ncnc(N3CCOCC3)c2C1. The molecule has 0 bridgehead atoms. The number of tetrazole rings is 1. The van der Waals surface area contributed by atoms with Gasteiger partial charge in [-0.3, -0.25) is 4.90 Å². The first-order chi connectivity index (χ1) is 12.3. The van der Waals surface area contributed by atoms with Crippen LogP contribution in [0.3, 0.4) is 0 Å². The minimum atomic E-state index is 0.754. The van der Waals surface area contributed by atoms with E-state index in [9.17, 15) is 0 Å². The molecule has 4 heterocycles. The van der Waals surface area contributed by atoms with Gasteiger partial charge in [-0.05, 0) is 16.8 Å². The van der Waals surface area contributed by atoms with Crippen LogP contribution in [0.4, 0.5) is 5.82 Å². The maximum absolute atomic E-state index is 5.47. The topological polar surface area (TPSA) is 85.1 Å². The smallest absolute Gasteiger partial charge is 0.165 e. The summed E-state index contributed by atoms with van der Waals surface area (Å²) >= 11 is 0. The standard InChI is InChI=1S/C16H24N8O/c1-2-4-24-15(19-20-21-24)11-22-5-3-14-13(10-22)16(18-12-17-14)23-6-8-25-9-7-23/h12H,2-11H2,1H3. The summed E-state index contributed by atoms with van der Waals surface area (Å²) in [6.45, 7) is 8.83. The molecule has 2 aliphatic heterocycles. The van der Waals surface area contributed by atoms with Crippen molar-refractivity contribution in [3.8, 4) is 0 Å². The normalized spacial score (nSPS) is 18.4. The van der Waals surface area contributed by atoms with Gasteiger partial charge in [0.05, 0.1) is 25.5 Å². The van der Waals surface area contributed by atoms with Crippen molar-refractivity contribution in [1.29, 1.82) is 0 Å². The fourth-order valence-electron chi connectivity index (χ4n) is 3.49. The highest BCUT2D eigenvalue weighted by molar-refractivity contribution is 5.49. The van der Waals surface area contributed by atoms with Crippen LogP contribution in [0.2, 0.25) is 0 Å². The highest BCUT2D eigenvalue weighted by Crippen LogP contribution is 2.26. The quantitative estimate of drug-likeness (QED) is 0.764. The van der Waals surface area contributed by atoms with Crippen molar-refractivity contribution in [3.63, 3.8) is 0 Å². The number of hydrogen-bond donors (Lipinski definition) is 0. The van der Waals surface area contributed by atoms with Crippen molar-refractivity contribution >= 4 is 5.82 Å². The number of aryl methyl sites for hydroxylation is 1. The van der Waals surface area contributed by atoms with E-state index in [0.29, 0.717) is 0 Å². The number of rotatable bonds is 5. The van der Waals surface area contributed by atoms with Gasteiger partial charge in [0, 0.05) is 44.7 Å². The number of aromatic nitrogens is 6. The molecular formula is C16H24N8O. The molecule has 2 aromatic heterocycles. The van der Waals surface area contributed by atoms with Crippen LogP contribution in [0.5, 0.6) is 0 Å². The van der Waals surface area contributed by atoms with Gasteiger partial charge < -0.3 is 9.64 Å². The number of morpholine rings is 1. The molecule has 25 heavy (non-hydrogen) atoms. The van der Waals surface area contributed by atoms with E-state index in [1.807, 2.05) is 4.68 Å². The molecular weight excluding hydrogens is 320 g/mol. The molecule has 134 valence electrons. The Balaban J connectivity index is 1.52. The minimum Gasteiger partial charge on any atom is -0.378 e. The Morgan fingerprint density at radius 1 is 1.16 bits per heavy atom. The lowest BCUT2D eigenvalue weighted by Crippen LogP contribution is -2.39. The largest absolute Gasteiger partial charge is 0.378 e. The molecule has 0 amide bonds. The molecule has 9 heteroatoms. The van der Waals surface area contributed by atoms with Crippen LogP contribution in [-0.4, -0.2) is 67.9 Å². The molecule has 1 saturated heterocycles. The van der Waals surface area contributed by atoms with Crippen LogP contribution in [0.25, 0.3) is 0 Å². The van der Waals surface area contributed by atoms with E-state index in [-0.39, 0.29) is 0 Å². The lowest BCUT2D eigenvalue weighted by molar-refractivity contribution is 0.122. The first-order valence-electron chi connectivity index (χ1n) is 8.98. The lowest BCUT2D eigenvalue weighted by Gasteiger charge is -2.33. The Labute approximate surface area is 147 Å². The molecule has 0 aromatic carbocycles. The third-order valence-corrected chi connectivity index (χ3v) is 4.78. The van der Waals surface area contributed by atoms with Crippen molar-refractivity contribution in [2.75, 3.05) is 37.7 Å². The number of hydrogen-bond acceptors (Lipinski definition) is 8. The van der Waals surface area contributed by atoms with Gasteiger partial charge in [0.25, 0.3) is 0 Å². The van der Waals surface area contributed by atoms with E-state index in [4.69, 9.17) is 4.74 Å². The number of anilines is 1. The summed E-state index contributed by atoms with van der Waals surface area (Å²) < 4.78 is 7.37. The van der Waals surface area contributed by atoms with Crippen LogP contribution < -0.4 is 4.90 Å². The van der Waals surface area contributed by atoms with Crippen molar-refractivity contribution in [2.45, 2.75) is 39.4 Å². The molecule has 1 fully saturated rings. The molecule has 2 aliphatic rings. The fraction of sp³-hybridized carbons (Fsp3) is 0.688. The Kier molecular flexibility index (Phi) is 4.84. The lowest BCUT2D eigenvalue weighted by atomic mass is 10.1. The third kappa shape index (κ3) is 3.47. The summed E-state index contributed by atoms with van der Waals surface area (Å²) in [4.78, 5) is 13.8. The maximum Gasteiger partial charge on any atom is 0.165 e. The van der Waals surface area contributed by atoms with Crippen LogP contribution in [-0.2, 0) is 30.8 Å². The van der Waals surface area contributed by atoms with Gasteiger partial charge in [-0.1, -0.05) is 6.92 Å². The second-order valence-corrected chi connectivity index (χ2v) is 6.50. The summed E-state index contributed by atoms with van der Waals surface area (Å²) in [5, 5.41) is 12.1. The second-order valence-electron chi connectivity index (χ2n) is 6.50. The monoisotopic (exact) mass is 344 g/mol. The van der Waals surface area contributed by atoms with Crippen molar-refractivity contribution in [3.05, 3.63) is 23.4 Å². The molecule has 2 aromatic rings. The van der Waals surface area contributed by atoms with Crippen molar-refractivity contribution in [2.24, 2.45) is 0 Å². The zero-order valence-corrected chi connectivity index (χ0v) is 14.6. The van der Waals surface area contributed by atoms with Crippen LogP contribution >= 0.6 is 0 Å². The molecule has 0 N–H and O–H groups in total. The molecule has 9 nitrogen and oxygen atoms in total. The summed E-state index contributed by atoms with van der Waals surface area (Å²) in [6.07, 6.45) is 3.65. The van der Waals surface area contributed by atoms with Gasteiger partial charge in [-0.25, -0.2) is 14.6 Å². The number of nitrogens with zero attached hydrogens (tertiary/aromatic N) is 8. The first kappa shape index (κ1) is 16.3. The highest BCUT2D eigenvalue weighted by Gasteiger charge is 2.25. The zero-order valence-electron chi connectivity index (χ0n) is 14.6. The second kappa shape index (κ2) is 7.40. The van der Waals surface area contributed by atoms with E-state index in [0.717, 1.165) is 77.0 Å². The summed E-state index contributed by atoms with van der Waals surface area (Å²) in [6, 6.07) is 0. The molecule has 0 saturated carbocycles. The molecule has 0 atom stereocenters. The zero-order chi connectivity index (χ0) is 17.1. The van der Waals surface area contributed by atoms with Gasteiger partial charge in [0.15, 0.2) is 5.82 Å². The van der Waals surface area contributed by atoms with E-state index < -0.39 is 0 Å². The fourth-order valence-corrected chi connectivity index (χ4v) is 3.49. The molecule has 0 spiro atoms. The summed E-state index contributed by atoms with van der Waals surface area (Å²) in [5.74, 6) is 1.99. The Hall–Kier alpha value is -2.13. The predicted molar refractivity (Wildman–Crippen MR) is 91.0 cm³/mol. The van der Waals surface area contributed by atoms with Crippen molar-refractivity contribution < 1.29 is 4.74 Å².